The maximum Gasteiger partial charge on any atom is 0.270 e. The van der Waals surface area contributed by atoms with E-state index < -0.39 is 4.92 Å². The lowest BCUT2D eigenvalue weighted by Crippen LogP contribution is -2.33. The zero-order chi connectivity index (χ0) is 21.1. The molecular formula is C22H20N4O3S. The minimum absolute atomic E-state index is 0.0585. The maximum absolute atomic E-state index is 11.0. The number of nitrogens with zero attached hydrogens (tertiary/aromatic N) is 4. The highest BCUT2D eigenvalue weighted by molar-refractivity contribution is 7.10. The number of rotatable bonds is 5. The van der Waals surface area contributed by atoms with E-state index >= 15 is 0 Å². The molecule has 1 aromatic heterocycles. The third-order valence-corrected chi connectivity index (χ3v) is 6.41. The number of nitriles is 1. The summed E-state index contributed by atoms with van der Waals surface area (Å²) in [6.07, 6.45) is 1.83. The van der Waals surface area contributed by atoms with Crippen LogP contribution in [0.3, 0.4) is 0 Å². The summed E-state index contributed by atoms with van der Waals surface area (Å²) >= 11 is 1.67. The molecule has 7 nitrogen and oxygen atoms in total. The van der Waals surface area contributed by atoms with Crippen LogP contribution in [0.4, 0.5) is 11.4 Å². The topological polar surface area (TPSA) is 92.3 Å². The van der Waals surface area contributed by atoms with Crippen molar-refractivity contribution in [1.82, 2.24) is 4.98 Å². The molecule has 0 atom stereocenters. The Hall–Kier alpha value is -3.44. The number of aromatic nitrogens is 1. The highest BCUT2D eigenvalue weighted by Crippen LogP contribution is 2.37. The number of methoxy groups -OCH3 is 1. The van der Waals surface area contributed by atoms with Crippen molar-refractivity contribution < 1.29 is 9.66 Å². The Kier molecular flexibility index (Phi) is 5.63. The van der Waals surface area contributed by atoms with Crippen LogP contribution in [-0.4, -0.2) is 30.1 Å². The predicted molar refractivity (Wildman–Crippen MR) is 116 cm³/mol. The van der Waals surface area contributed by atoms with E-state index in [1.165, 1.54) is 12.1 Å². The summed E-state index contributed by atoms with van der Waals surface area (Å²) in [5.41, 5.74) is 2.96. The third-order valence-electron chi connectivity index (χ3n) is 5.40. The fraction of sp³-hybridized carbons (Fsp3) is 0.273. The summed E-state index contributed by atoms with van der Waals surface area (Å²) in [5.74, 6) is 1.17. The molecule has 30 heavy (non-hydrogen) atoms. The van der Waals surface area contributed by atoms with Crippen LogP contribution < -0.4 is 9.64 Å². The molecular weight excluding hydrogens is 400 g/mol. The number of hydrogen-bond acceptors (Lipinski definition) is 7. The Morgan fingerprint density at radius 3 is 2.73 bits per heavy atom. The van der Waals surface area contributed by atoms with Gasteiger partial charge in [-0.15, -0.1) is 11.3 Å². The summed E-state index contributed by atoms with van der Waals surface area (Å²) in [5, 5.41) is 23.6. The fourth-order valence-electron chi connectivity index (χ4n) is 3.83. The Balaban J connectivity index is 1.48. The van der Waals surface area contributed by atoms with Gasteiger partial charge in [0.15, 0.2) is 0 Å². The van der Waals surface area contributed by atoms with Gasteiger partial charge >= 0.3 is 0 Å². The number of piperidine rings is 1. The summed E-state index contributed by atoms with van der Waals surface area (Å²) in [4.78, 5) is 17.5. The van der Waals surface area contributed by atoms with E-state index in [0.29, 0.717) is 11.5 Å². The molecule has 3 aromatic rings. The van der Waals surface area contributed by atoms with Crippen LogP contribution in [0.15, 0.2) is 47.8 Å². The van der Waals surface area contributed by atoms with Crippen molar-refractivity contribution in [1.29, 1.82) is 5.26 Å². The highest BCUT2D eigenvalue weighted by atomic mass is 32.1. The van der Waals surface area contributed by atoms with Gasteiger partial charge < -0.3 is 9.64 Å². The number of para-hydroxylation sites is 1. The van der Waals surface area contributed by atoms with Crippen molar-refractivity contribution >= 4 is 22.7 Å². The van der Waals surface area contributed by atoms with Crippen LogP contribution in [-0.2, 0) is 0 Å². The minimum atomic E-state index is -0.474. The molecule has 0 bridgehead atoms. The first-order valence-electron chi connectivity index (χ1n) is 9.63. The number of hydrogen-bond donors (Lipinski definition) is 0. The predicted octanol–water partition coefficient (Wildman–Crippen LogP) is 4.98. The van der Waals surface area contributed by atoms with Gasteiger partial charge in [0.2, 0.25) is 0 Å². The highest BCUT2D eigenvalue weighted by Gasteiger charge is 2.25. The zero-order valence-corrected chi connectivity index (χ0v) is 17.3. The molecule has 0 spiro atoms. The van der Waals surface area contributed by atoms with Gasteiger partial charge in [0.05, 0.1) is 34.0 Å². The molecule has 0 amide bonds. The molecule has 1 saturated heterocycles. The molecule has 1 aliphatic rings. The molecule has 152 valence electrons. The number of benzene rings is 2. The Bertz CT molecular complexity index is 1110. The van der Waals surface area contributed by atoms with Gasteiger partial charge in [-0.25, -0.2) is 4.98 Å². The lowest BCUT2D eigenvalue weighted by Gasteiger charge is -2.33. The van der Waals surface area contributed by atoms with Crippen LogP contribution in [0.2, 0.25) is 0 Å². The Morgan fingerprint density at radius 1 is 1.27 bits per heavy atom. The largest absolute Gasteiger partial charge is 0.496 e. The minimum Gasteiger partial charge on any atom is -0.496 e. The van der Waals surface area contributed by atoms with Crippen LogP contribution in [0.5, 0.6) is 5.75 Å². The second-order valence-electron chi connectivity index (χ2n) is 7.10. The molecule has 0 saturated carbocycles. The van der Waals surface area contributed by atoms with Gasteiger partial charge in [-0.05, 0) is 31.0 Å². The molecule has 0 radical (unpaired) electrons. The van der Waals surface area contributed by atoms with E-state index in [2.05, 4.69) is 16.3 Å². The number of anilines is 1. The Labute approximate surface area is 178 Å². The molecule has 8 heteroatoms. The number of nitro benzene ring substituents is 1. The third kappa shape index (κ3) is 3.84. The second kappa shape index (κ2) is 8.51. The molecule has 4 rings (SSSR count). The van der Waals surface area contributed by atoms with Crippen molar-refractivity contribution in [3.8, 4) is 23.1 Å². The van der Waals surface area contributed by atoms with Crippen molar-refractivity contribution in [2.45, 2.75) is 18.8 Å². The summed E-state index contributed by atoms with van der Waals surface area (Å²) in [6, 6.07) is 14.5. The van der Waals surface area contributed by atoms with Crippen molar-refractivity contribution in [3.63, 3.8) is 0 Å². The SMILES string of the molecule is COc1ccccc1-c1csc(C2CCN(c3ccc([N+](=O)[O-])cc3C#N)CC2)n1. The monoisotopic (exact) mass is 420 g/mol. The van der Waals surface area contributed by atoms with E-state index in [9.17, 15) is 15.4 Å². The molecule has 0 N–H and O–H groups in total. The van der Waals surface area contributed by atoms with Gasteiger partial charge in [0.1, 0.15) is 11.8 Å². The standard InChI is InChI=1S/C22H20N4O3S/c1-29-21-5-3-2-4-18(21)19-14-30-22(24-19)15-8-10-25(11-9-15)20-7-6-17(26(27)28)12-16(20)13-23/h2-7,12,14-15H,8-11H2,1H3. The van der Waals surface area contributed by atoms with E-state index in [4.69, 9.17) is 9.72 Å². The molecule has 1 aliphatic heterocycles. The first kappa shape index (κ1) is 19.9. The number of nitro groups is 1. The zero-order valence-electron chi connectivity index (χ0n) is 16.4. The molecule has 2 aromatic carbocycles. The number of non-ortho nitro benzene ring substituents is 1. The summed E-state index contributed by atoms with van der Waals surface area (Å²) < 4.78 is 5.45. The van der Waals surface area contributed by atoms with Crippen LogP contribution in [0.1, 0.15) is 29.3 Å². The quantitative estimate of drug-likeness (QED) is 0.427. The van der Waals surface area contributed by atoms with Gasteiger partial charge in [0, 0.05) is 42.1 Å². The lowest BCUT2D eigenvalue weighted by atomic mass is 9.96. The second-order valence-corrected chi connectivity index (χ2v) is 7.99. The van der Waals surface area contributed by atoms with E-state index in [0.717, 1.165) is 53.6 Å². The normalized spacial score (nSPS) is 14.3. The van der Waals surface area contributed by atoms with Crippen LogP contribution in [0.25, 0.3) is 11.3 Å². The van der Waals surface area contributed by atoms with Gasteiger partial charge in [0.25, 0.3) is 5.69 Å². The number of ether oxygens (including phenoxy) is 1. The molecule has 0 unspecified atom stereocenters. The van der Waals surface area contributed by atoms with E-state index in [-0.39, 0.29) is 5.69 Å². The van der Waals surface area contributed by atoms with Gasteiger partial charge in [-0.1, -0.05) is 12.1 Å². The van der Waals surface area contributed by atoms with Crippen molar-refractivity contribution in [3.05, 3.63) is 68.5 Å². The lowest BCUT2D eigenvalue weighted by molar-refractivity contribution is -0.384. The maximum atomic E-state index is 11.0. The molecule has 0 aliphatic carbocycles. The van der Waals surface area contributed by atoms with Crippen LogP contribution >= 0.6 is 11.3 Å². The molecule has 1 fully saturated rings. The van der Waals surface area contributed by atoms with Gasteiger partial charge in [-0.3, -0.25) is 10.1 Å². The Morgan fingerprint density at radius 2 is 2.03 bits per heavy atom. The number of thiazole rings is 1. The van der Waals surface area contributed by atoms with E-state index in [1.807, 2.05) is 24.3 Å². The smallest absolute Gasteiger partial charge is 0.270 e. The van der Waals surface area contributed by atoms with Crippen molar-refractivity contribution in [2.24, 2.45) is 0 Å². The first-order valence-corrected chi connectivity index (χ1v) is 10.5. The summed E-state index contributed by atoms with van der Waals surface area (Å²) in [6.45, 7) is 1.56. The molecule has 2 heterocycles. The van der Waals surface area contributed by atoms with E-state index in [1.54, 1.807) is 24.5 Å². The van der Waals surface area contributed by atoms with Crippen molar-refractivity contribution in [2.75, 3.05) is 25.1 Å². The average Bonchev–Trinajstić information content (AvgIpc) is 3.28. The summed E-state index contributed by atoms with van der Waals surface area (Å²) in [7, 11) is 1.66. The van der Waals surface area contributed by atoms with Gasteiger partial charge in [-0.2, -0.15) is 5.26 Å². The fourth-order valence-corrected chi connectivity index (χ4v) is 4.82. The average molecular weight is 420 g/mol. The van der Waals surface area contributed by atoms with Crippen LogP contribution in [0, 0.1) is 21.4 Å². The first-order chi connectivity index (χ1) is 14.6.